The third-order valence-electron chi connectivity index (χ3n) is 2.45. The van der Waals surface area contributed by atoms with Crippen LogP contribution in [-0.4, -0.2) is 17.6 Å². The molecule has 0 amide bonds. The molecule has 0 spiro atoms. The van der Waals surface area contributed by atoms with Crippen LogP contribution >= 0.6 is 11.3 Å². The molecule has 0 aromatic carbocycles. The van der Waals surface area contributed by atoms with Gasteiger partial charge in [-0.25, -0.2) is 0 Å². The first-order valence-corrected chi connectivity index (χ1v) is 6.88. The van der Waals surface area contributed by atoms with Gasteiger partial charge in [0.15, 0.2) is 0 Å². The second-order valence-electron chi connectivity index (χ2n) is 5.66. The standard InChI is InChI=1S/C12H23N3OS/c1-12(2,3)6-9(13)4-5-14-7-10-8-17-11(16)15-10/h8-9,14H,4-7,13H2,1-3H3,(H,15,16). The predicted molar refractivity (Wildman–Crippen MR) is 73.3 cm³/mol. The van der Waals surface area contributed by atoms with Crippen molar-refractivity contribution >= 4 is 11.3 Å². The molecule has 1 aromatic rings. The first-order valence-electron chi connectivity index (χ1n) is 6.00. The molecule has 4 N–H and O–H groups in total. The molecule has 0 aliphatic heterocycles. The van der Waals surface area contributed by atoms with Crippen molar-refractivity contribution in [1.29, 1.82) is 0 Å². The van der Waals surface area contributed by atoms with E-state index >= 15 is 0 Å². The van der Waals surface area contributed by atoms with Crippen LogP contribution < -0.4 is 15.9 Å². The van der Waals surface area contributed by atoms with Crippen LogP contribution in [0.3, 0.4) is 0 Å². The summed E-state index contributed by atoms with van der Waals surface area (Å²) in [6.45, 7) is 8.21. The fourth-order valence-electron chi connectivity index (χ4n) is 1.80. The van der Waals surface area contributed by atoms with Gasteiger partial charge in [0, 0.05) is 23.7 Å². The van der Waals surface area contributed by atoms with Crippen molar-refractivity contribution in [2.75, 3.05) is 6.54 Å². The van der Waals surface area contributed by atoms with Gasteiger partial charge in [-0.15, -0.1) is 0 Å². The van der Waals surface area contributed by atoms with Crippen LogP contribution in [0, 0.1) is 5.41 Å². The Morgan fingerprint density at radius 1 is 1.53 bits per heavy atom. The minimum Gasteiger partial charge on any atom is -0.328 e. The predicted octanol–water partition coefficient (Wildman–Crippen LogP) is 1.68. The second kappa shape index (κ2) is 6.33. The number of H-pyrrole nitrogens is 1. The quantitative estimate of drug-likeness (QED) is 0.679. The fraction of sp³-hybridized carbons (Fsp3) is 0.750. The summed E-state index contributed by atoms with van der Waals surface area (Å²) < 4.78 is 0. The molecule has 5 heteroatoms. The van der Waals surface area contributed by atoms with E-state index in [4.69, 9.17) is 5.73 Å². The van der Waals surface area contributed by atoms with E-state index in [1.807, 2.05) is 5.38 Å². The van der Waals surface area contributed by atoms with E-state index in [2.05, 4.69) is 31.1 Å². The van der Waals surface area contributed by atoms with Crippen molar-refractivity contribution in [3.8, 4) is 0 Å². The smallest absolute Gasteiger partial charge is 0.304 e. The van der Waals surface area contributed by atoms with Gasteiger partial charge in [-0.1, -0.05) is 32.1 Å². The molecule has 0 aliphatic carbocycles. The van der Waals surface area contributed by atoms with Crippen LogP contribution in [-0.2, 0) is 6.54 Å². The number of nitrogens with two attached hydrogens (primary N) is 1. The molecule has 0 radical (unpaired) electrons. The van der Waals surface area contributed by atoms with Gasteiger partial charge >= 0.3 is 4.87 Å². The van der Waals surface area contributed by atoms with Gasteiger partial charge in [0.25, 0.3) is 0 Å². The van der Waals surface area contributed by atoms with Gasteiger partial charge in [0.1, 0.15) is 0 Å². The highest BCUT2D eigenvalue weighted by Crippen LogP contribution is 2.20. The molecule has 4 nitrogen and oxygen atoms in total. The SMILES string of the molecule is CC(C)(C)CC(N)CCNCc1csc(=O)[nH]1. The Balaban J connectivity index is 2.14. The van der Waals surface area contributed by atoms with Crippen LogP contribution in [0.15, 0.2) is 10.2 Å². The molecule has 1 aromatic heterocycles. The lowest BCUT2D eigenvalue weighted by atomic mass is 9.87. The topological polar surface area (TPSA) is 70.9 Å². The molecule has 0 fully saturated rings. The van der Waals surface area contributed by atoms with E-state index < -0.39 is 0 Å². The molecule has 0 saturated carbocycles. The zero-order chi connectivity index (χ0) is 12.9. The van der Waals surface area contributed by atoms with Crippen LogP contribution in [0.5, 0.6) is 0 Å². The zero-order valence-corrected chi connectivity index (χ0v) is 11.7. The Morgan fingerprint density at radius 3 is 2.76 bits per heavy atom. The average Bonchev–Trinajstić information content (AvgIpc) is 2.56. The van der Waals surface area contributed by atoms with Crippen LogP contribution in [0.1, 0.15) is 39.3 Å². The summed E-state index contributed by atoms with van der Waals surface area (Å²) in [6.07, 6.45) is 2.00. The molecule has 1 heterocycles. The molecule has 1 atom stereocenters. The Labute approximate surface area is 107 Å². The maximum atomic E-state index is 10.9. The molecule has 0 bridgehead atoms. The van der Waals surface area contributed by atoms with Gasteiger partial charge in [-0.05, 0) is 24.8 Å². The molecule has 17 heavy (non-hydrogen) atoms. The lowest BCUT2D eigenvalue weighted by molar-refractivity contribution is 0.329. The molecule has 0 aliphatic rings. The highest BCUT2D eigenvalue weighted by atomic mass is 32.1. The third-order valence-corrected chi connectivity index (χ3v) is 3.17. The van der Waals surface area contributed by atoms with Gasteiger partial charge in [-0.3, -0.25) is 4.79 Å². The Morgan fingerprint density at radius 2 is 2.24 bits per heavy atom. The van der Waals surface area contributed by atoms with Crippen molar-refractivity contribution in [2.24, 2.45) is 11.1 Å². The zero-order valence-electron chi connectivity index (χ0n) is 10.9. The fourth-order valence-corrected chi connectivity index (χ4v) is 2.38. The molecule has 0 saturated heterocycles. The number of hydrogen-bond donors (Lipinski definition) is 3. The van der Waals surface area contributed by atoms with Crippen molar-refractivity contribution in [2.45, 2.75) is 46.2 Å². The van der Waals surface area contributed by atoms with E-state index in [1.54, 1.807) is 0 Å². The molecule has 98 valence electrons. The van der Waals surface area contributed by atoms with Gasteiger partial charge in [0.05, 0.1) is 0 Å². The molecule has 1 unspecified atom stereocenters. The third kappa shape index (κ3) is 6.61. The number of hydrogen-bond acceptors (Lipinski definition) is 4. The number of aromatic nitrogens is 1. The van der Waals surface area contributed by atoms with E-state index in [9.17, 15) is 4.79 Å². The summed E-state index contributed by atoms with van der Waals surface area (Å²) in [7, 11) is 0. The summed E-state index contributed by atoms with van der Waals surface area (Å²) >= 11 is 1.20. The van der Waals surface area contributed by atoms with Gasteiger partial charge < -0.3 is 16.0 Å². The molecular formula is C12H23N3OS. The number of rotatable bonds is 6. The summed E-state index contributed by atoms with van der Waals surface area (Å²) in [5.41, 5.74) is 7.29. The van der Waals surface area contributed by atoms with Crippen molar-refractivity contribution in [3.05, 3.63) is 20.7 Å². The van der Waals surface area contributed by atoms with E-state index in [0.717, 1.165) is 25.1 Å². The number of nitrogens with one attached hydrogen (secondary N) is 2. The second-order valence-corrected chi connectivity index (χ2v) is 6.51. The van der Waals surface area contributed by atoms with Gasteiger partial charge in [-0.2, -0.15) is 0 Å². The largest absolute Gasteiger partial charge is 0.328 e. The Bertz CT molecular complexity index is 378. The van der Waals surface area contributed by atoms with E-state index in [1.165, 1.54) is 11.3 Å². The van der Waals surface area contributed by atoms with Crippen LogP contribution in [0.4, 0.5) is 0 Å². The first kappa shape index (κ1) is 14.4. The maximum Gasteiger partial charge on any atom is 0.304 e. The summed E-state index contributed by atoms with van der Waals surface area (Å²) in [5, 5.41) is 5.14. The monoisotopic (exact) mass is 257 g/mol. The normalized spacial score (nSPS) is 13.9. The Hall–Kier alpha value is -0.650. The number of aromatic amines is 1. The highest BCUT2D eigenvalue weighted by Gasteiger charge is 2.14. The van der Waals surface area contributed by atoms with Gasteiger partial charge in [0.2, 0.25) is 0 Å². The van der Waals surface area contributed by atoms with Crippen LogP contribution in [0.2, 0.25) is 0 Å². The van der Waals surface area contributed by atoms with E-state index in [0.29, 0.717) is 6.54 Å². The minimum atomic E-state index is 0.00577. The van der Waals surface area contributed by atoms with Crippen molar-refractivity contribution < 1.29 is 0 Å². The first-order chi connectivity index (χ1) is 7.87. The van der Waals surface area contributed by atoms with Crippen molar-refractivity contribution in [1.82, 2.24) is 10.3 Å². The summed E-state index contributed by atoms with van der Waals surface area (Å²) in [6, 6.07) is 0.240. The molecule has 1 rings (SSSR count). The lowest BCUT2D eigenvalue weighted by Crippen LogP contribution is -2.30. The van der Waals surface area contributed by atoms with E-state index in [-0.39, 0.29) is 16.3 Å². The average molecular weight is 257 g/mol. The van der Waals surface area contributed by atoms with Crippen molar-refractivity contribution in [3.63, 3.8) is 0 Å². The maximum absolute atomic E-state index is 10.9. The lowest BCUT2D eigenvalue weighted by Gasteiger charge is -2.23. The minimum absolute atomic E-state index is 0.00577. The molecular weight excluding hydrogens is 234 g/mol. The highest BCUT2D eigenvalue weighted by molar-refractivity contribution is 7.07. The summed E-state index contributed by atoms with van der Waals surface area (Å²) in [5.74, 6) is 0. The Kier molecular flexibility index (Phi) is 5.36. The van der Waals surface area contributed by atoms with Crippen LogP contribution in [0.25, 0.3) is 0 Å². The number of thiazole rings is 1. The summed E-state index contributed by atoms with van der Waals surface area (Å²) in [4.78, 5) is 13.7.